The van der Waals surface area contributed by atoms with E-state index in [4.69, 9.17) is 4.74 Å². The van der Waals surface area contributed by atoms with Gasteiger partial charge in [0.15, 0.2) is 0 Å². The van der Waals surface area contributed by atoms with Gasteiger partial charge < -0.3 is 14.5 Å². The monoisotopic (exact) mass is 344 g/mol. The predicted octanol–water partition coefficient (Wildman–Crippen LogP) is 2.23. The van der Waals surface area contributed by atoms with Crippen LogP contribution in [0.4, 0.5) is 5.69 Å². The maximum Gasteiger partial charge on any atom is 0.310 e. The molecule has 2 aliphatic rings. The Morgan fingerprint density at radius 2 is 2.08 bits per heavy atom. The molecule has 2 fully saturated rings. The van der Waals surface area contributed by atoms with Crippen LogP contribution in [0.2, 0.25) is 0 Å². The zero-order valence-corrected chi connectivity index (χ0v) is 14.6. The van der Waals surface area contributed by atoms with Crippen molar-refractivity contribution in [2.24, 2.45) is 5.92 Å². The van der Waals surface area contributed by atoms with Crippen LogP contribution in [-0.4, -0.2) is 48.9 Å². The van der Waals surface area contributed by atoms with Crippen molar-refractivity contribution >= 4 is 23.5 Å². The molecule has 0 aromatic heterocycles. The van der Waals surface area contributed by atoms with E-state index in [1.54, 1.807) is 34.9 Å². The molecule has 1 aromatic carbocycles. The minimum Gasteiger partial charge on any atom is -0.466 e. The molecular formula is C19H24N2O4. The summed E-state index contributed by atoms with van der Waals surface area (Å²) < 4.78 is 5.09. The first-order valence-electron chi connectivity index (χ1n) is 8.96. The molecule has 6 nitrogen and oxygen atoms in total. The Labute approximate surface area is 147 Å². The van der Waals surface area contributed by atoms with E-state index in [2.05, 4.69) is 0 Å². The van der Waals surface area contributed by atoms with Crippen LogP contribution in [0.3, 0.4) is 0 Å². The minimum absolute atomic E-state index is 0.0949. The standard InChI is InChI=1S/C19H24N2O4/c1-2-25-19(24)15-7-4-10-20(13-15)18(23)14-6-3-8-16(12-14)21-11-5-9-17(21)22/h3,6,8,12,15H,2,4-5,7,9-11,13H2,1H3/t15-/m1/s1. The first kappa shape index (κ1) is 17.5. The fourth-order valence-electron chi connectivity index (χ4n) is 3.52. The first-order chi connectivity index (χ1) is 12.1. The van der Waals surface area contributed by atoms with Crippen molar-refractivity contribution in [3.63, 3.8) is 0 Å². The molecule has 3 rings (SSSR count). The van der Waals surface area contributed by atoms with Crippen molar-refractivity contribution in [3.05, 3.63) is 29.8 Å². The molecule has 2 aliphatic heterocycles. The van der Waals surface area contributed by atoms with Gasteiger partial charge in [-0.1, -0.05) is 6.07 Å². The van der Waals surface area contributed by atoms with Crippen LogP contribution in [0.25, 0.3) is 0 Å². The highest BCUT2D eigenvalue weighted by atomic mass is 16.5. The number of carbonyl (C=O) groups is 3. The fraction of sp³-hybridized carbons (Fsp3) is 0.526. The largest absolute Gasteiger partial charge is 0.466 e. The fourth-order valence-corrected chi connectivity index (χ4v) is 3.52. The number of nitrogens with zero attached hydrogens (tertiary/aromatic N) is 2. The summed E-state index contributed by atoms with van der Waals surface area (Å²) in [5, 5.41) is 0. The number of piperidine rings is 1. The van der Waals surface area contributed by atoms with Crippen LogP contribution < -0.4 is 4.90 Å². The lowest BCUT2D eigenvalue weighted by molar-refractivity contribution is -0.149. The maximum absolute atomic E-state index is 12.8. The molecule has 6 heteroatoms. The third kappa shape index (κ3) is 3.83. The summed E-state index contributed by atoms with van der Waals surface area (Å²) >= 11 is 0. The van der Waals surface area contributed by atoms with Gasteiger partial charge in [0.2, 0.25) is 5.91 Å². The molecular weight excluding hydrogens is 320 g/mol. The van der Waals surface area contributed by atoms with Crippen LogP contribution >= 0.6 is 0 Å². The second-order valence-corrected chi connectivity index (χ2v) is 6.54. The number of carbonyl (C=O) groups excluding carboxylic acids is 3. The third-order valence-electron chi connectivity index (χ3n) is 4.81. The number of esters is 1. The van der Waals surface area contributed by atoms with E-state index in [0.717, 1.165) is 24.9 Å². The van der Waals surface area contributed by atoms with Gasteiger partial charge in [-0.3, -0.25) is 14.4 Å². The summed E-state index contributed by atoms with van der Waals surface area (Å²) in [5.74, 6) is -0.468. The van der Waals surface area contributed by atoms with Crippen molar-refractivity contribution in [2.75, 3.05) is 31.1 Å². The summed E-state index contributed by atoms with van der Waals surface area (Å²) in [6.07, 6.45) is 2.96. The summed E-state index contributed by atoms with van der Waals surface area (Å²) in [4.78, 5) is 40.2. The quantitative estimate of drug-likeness (QED) is 0.786. The lowest BCUT2D eigenvalue weighted by Crippen LogP contribution is -2.42. The third-order valence-corrected chi connectivity index (χ3v) is 4.81. The van der Waals surface area contributed by atoms with Gasteiger partial charge in [0.1, 0.15) is 0 Å². The summed E-state index contributed by atoms with van der Waals surface area (Å²) in [5.41, 5.74) is 1.33. The van der Waals surface area contributed by atoms with E-state index in [-0.39, 0.29) is 23.7 Å². The average Bonchev–Trinajstić information content (AvgIpc) is 3.07. The second-order valence-electron chi connectivity index (χ2n) is 6.54. The van der Waals surface area contributed by atoms with Gasteiger partial charge in [0.05, 0.1) is 12.5 Å². The maximum atomic E-state index is 12.8. The highest BCUT2D eigenvalue weighted by Gasteiger charge is 2.30. The van der Waals surface area contributed by atoms with Crippen LogP contribution in [0.1, 0.15) is 43.0 Å². The van der Waals surface area contributed by atoms with E-state index in [1.165, 1.54) is 0 Å². The van der Waals surface area contributed by atoms with Crippen molar-refractivity contribution in [2.45, 2.75) is 32.6 Å². The molecule has 2 amide bonds. The Bertz CT molecular complexity index is 673. The SMILES string of the molecule is CCOC(=O)[C@@H]1CCCN(C(=O)c2cccc(N3CCCC3=O)c2)C1. The van der Waals surface area contributed by atoms with Crippen molar-refractivity contribution < 1.29 is 19.1 Å². The highest BCUT2D eigenvalue weighted by Crippen LogP contribution is 2.24. The Hall–Kier alpha value is -2.37. The summed E-state index contributed by atoms with van der Waals surface area (Å²) in [6, 6.07) is 7.21. The molecule has 1 atom stereocenters. The van der Waals surface area contributed by atoms with Crippen LogP contribution in [0.15, 0.2) is 24.3 Å². The molecule has 25 heavy (non-hydrogen) atoms. The lowest BCUT2D eigenvalue weighted by atomic mass is 9.97. The van der Waals surface area contributed by atoms with Gasteiger partial charge in [-0.05, 0) is 44.4 Å². The van der Waals surface area contributed by atoms with Crippen LogP contribution in [0, 0.1) is 5.92 Å². The Morgan fingerprint density at radius 1 is 1.24 bits per heavy atom. The number of likely N-dealkylation sites (tertiary alicyclic amines) is 1. The molecule has 2 heterocycles. The number of rotatable bonds is 4. The summed E-state index contributed by atoms with van der Waals surface area (Å²) in [6.45, 7) is 3.88. The molecule has 0 N–H and O–H groups in total. The molecule has 1 aromatic rings. The highest BCUT2D eigenvalue weighted by molar-refractivity contribution is 5.99. The Morgan fingerprint density at radius 3 is 2.80 bits per heavy atom. The van der Waals surface area contributed by atoms with E-state index in [9.17, 15) is 14.4 Å². The number of anilines is 1. The zero-order chi connectivity index (χ0) is 17.8. The zero-order valence-electron chi connectivity index (χ0n) is 14.6. The van der Waals surface area contributed by atoms with Crippen LogP contribution in [-0.2, 0) is 14.3 Å². The second kappa shape index (κ2) is 7.68. The van der Waals surface area contributed by atoms with E-state index in [1.807, 2.05) is 6.07 Å². The van der Waals surface area contributed by atoms with Gasteiger partial charge in [-0.25, -0.2) is 0 Å². The van der Waals surface area contributed by atoms with E-state index >= 15 is 0 Å². The summed E-state index contributed by atoms with van der Waals surface area (Å²) in [7, 11) is 0. The van der Waals surface area contributed by atoms with Gasteiger partial charge in [-0.2, -0.15) is 0 Å². The number of ether oxygens (including phenoxy) is 1. The number of benzene rings is 1. The molecule has 0 unspecified atom stereocenters. The molecule has 134 valence electrons. The molecule has 0 spiro atoms. The lowest BCUT2D eigenvalue weighted by Gasteiger charge is -2.31. The topological polar surface area (TPSA) is 66.9 Å². The number of hydrogen-bond acceptors (Lipinski definition) is 4. The Balaban J connectivity index is 1.72. The molecule has 0 bridgehead atoms. The number of amides is 2. The van der Waals surface area contributed by atoms with E-state index in [0.29, 0.717) is 38.2 Å². The van der Waals surface area contributed by atoms with Gasteiger partial charge >= 0.3 is 5.97 Å². The smallest absolute Gasteiger partial charge is 0.310 e. The number of hydrogen-bond donors (Lipinski definition) is 0. The van der Waals surface area contributed by atoms with E-state index < -0.39 is 0 Å². The molecule has 2 saturated heterocycles. The normalized spacial score (nSPS) is 20.7. The van der Waals surface area contributed by atoms with Crippen molar-refractivity contribution in [1.82, 2.24) is 4.90 Å². The van der Waals surface area contributed by atoms with Gasteiger partial charge in [0, 0.05) is 37.3 Å². The average molecular weight is 344 g/mol. The molecule has 0 radical (unpaired) electrons. The van der Waals surface area contributed by atoms with Crippen LogP contribution in [0.5, 0.6) is 0 Å². The van der Waals surface area contributed by atoms with Gasteiger partial charge in [-0.15, -0.1) is 0 Å². The predicted molar refractivity (Wildman–Crippen MR) is 93.3 cm³/mol. The molecule has 0 saturated carbocycles. The molecule has 0 aliphatic carbocycles. The van der Waals surface area contributed by atoms with Crippen molar-refractivity contribution in [1.29, 1.82) is 0 Å². The first-order valence-corrected chi connectivity index (χ1v) is 8.96. The van der Waals surface area contributed by atoms with Gasteiger partial charge in [0.25, 0.3) is 5.91 Å². The Kier molecular flexibility index (Phi) is 5.36. The van der Waals surface area contributed by atoms with Crippen molar-refractivity contribution in [3.8, 4) is 0 Å². The minimum atomic E-state index is -0.249.